The largest absolute Gasteiger partial charge is 0.495 e. The fraction of sp³-hybridized carbons (Fsp3) is 0.217. The highest BCUT2D eigenvalue weighted by atomic mass is 35.5. The first kappa shape index (κ1) is 51.6. The summed E-state index contributed by atoms with van der Waals surface area (Å²) >= 11 is 30.7. The quantitative estimate of drug-likeness (QED) is 0.0333. The molecule has 0 radical (unpaired) electrons. The molecule has 0 aliphatic rings. The van der Waals surface area contributed by atoms with Crippen molar-refractivity contribution in [3.8, 4) is 11.5 Å². The van der Waals surface area contributed by atoms with E-state index in [1.54, 1.807) is 36.4 Å². The molecule has 0 aliphatic heterocycles. The second-order valence-corrected chi connectivity index (χ2v) is 16.0. The number of nitrogens with zero attached hydrogens (tertiary/aromatic N) is 4. The Kier molecular flexibility index (Phi) is 18.8. The summed E-state index contributed by atoms with van der Waals surface area (Å²) in [6.45, 7) is 2.33. The van der Waals surface area contributed by atoms with Crippen molar-refractivity contribution in [1.29, 1.82) is 0 Å². The fourth-order valence-corrected chi connectivity index (χ4v) is 7.09. The zero-order valence-electron chi connectivity index (χ0n) is 36.1. The van der Waals surface area contributed by atoms with Crippen LogP contribution in [0.1, 0.15) is 51.3 Å². The first-order chi connectivity index (χ1) is 32.1. The first-order valence-electron chi connectivity index (χ1n) is 19.9. The van der Waals surface area contributed by atoms with Gasteiger partial charge in [0.2, 0.25) is 12.1 Å². The molecule has 0 bridgehead atoms. The fourth-order valence-electron chi connectivity index (χ4n) is 6.15. The van der Waals surface area contributed by atoms with Gasteiger partial charge in [0, 0.05) is 29.0 Å². The van der Waals surface area contributed by atoms with E-state index < -0.39 is 47.3 Å². The smallest absolute Gasteiger partial charge is 0.258 e. The molecule has 21 heteroatoms. The Bertz CT molecular complexity index is 2770. The average molecular weight is 1010 g/mol. The molecule has 0 aliphatic carbocycles. The molecule has 348 valence electrons. The molecule has 0 aromatic heterocycles. The minimum absolute atomic E-state index is 0.0285. The van der Waals surface area contributed by atoms with Crippen LogP contribution in [0, 0.1) is 0 Å². The molecule has 0 spiro atoms. The number of hydrogen-bond donors (Lipinski definition) is 4. The van der Waals surface area contributed by atoms with Crippen LogP contribution in [-0.4, -0.2) is 67.4 Å². The van der Waals surface area contributed by atoms with E-state index in [0.717, 1.165) is 25.0 Å². The van der Waals surface area contributed by atoms with Crippen LogP contribution >= 0.6 is 58.0 Å². The van der Waals surface area contributed by atoms with Crippen molar-refractivity contribution < 1.29 is 38.2 Å². The molecule has 5 aromatic rings. The van der Waals surface area contributed by atoms with Crippen molar-refractivity contribution in [1.82, 2.24) is 0 Å². The highest BCUT2D eigenvalue weighted by Crippen LogP contribution is 2.32. The number of alkyl halides is 3. The van der Waals surface area contributed by atoms with Crippen molar-refractivity contribution in [3.05, 3.63) is 129 Å². The van der Waals surface area contributed by atoms with Gasteiger partial charge in [0.05, 0.1) is 58.1 Å². The Hall–Kier alpha value is -6.43. The van der Waals surface area contributed by atoms with Crippen LogP contribution in [0.4, 0.5) is 34.1 Å². The van der Waals surface area contributed by atoms with Crippen molar-refractivity contribution in [2.45, 2.75) is 44.1 Å². The predicted molar refractivity (Wildman–Crippen MR) is 260 cm³/mol. The number of anilines is 4. The minimum atomic E-state index is -1.61. The summed E-state index contributed by atoms with van der Waals surface area (Å²) in [4.78, 5) is 78.9. The van der Waals surface area contributed by atoms with Crippen molar-refractivity contribution in [2.24, 2.45) is 20.5 Å². The number of halogens is 5. The first-order valence-corrected chi connectivity index (χ1v) is 22.3. The summed E-state index contributed by atoms with van der Waals surface area (Å²) in [5, 5.41) is 27.1. The Labute approximate surface area is 409 Å². The van der Waals surface area contributed by atoms with E-state index in [4.69, 9.17) is 67.5 Å². The Morgan fingerprint density at radius 3 is 1.43 bits per heavy atom. The molecule has 0 heterocycles. The number of carbonyl (C=O) groups excluding carboxylic acids is 6. The normalized spacial score (nSPS) is 12.0. The maximum absolute atomic E-state index is 13.5. The lowest BCUT2D eigenvalue weighted by atomic mass is 10.1. The number of rotatable bonds is 20. The number of carbonyl (C=O) groups is 6. The van der Waals surface area contributed by atoms with Gasteiger partial charge >= 0.3 is 0 Å². The Balaban J connectivity index is 1.28. The van der Waals surface area contributed by atoms with E-state index in [0.29, 0.717) is 28.4 Å². The maximum atomic E-state index is 13.5. The van der Waals surface area contributed by atoms with Gasteiger partial charge in [0.1, 0.15) is 11.5 Å². The van der Waals surface area contributed by atoms with Crippen molar-refractivity contribution in [3.63, 3.8) is 0 Å². The van der Waals surface area contributed by atoms with Gasteiger partial charge in [0.15, 0.2) is 11.6 Å². The van der Waals surface area contributed by atoms with Crippen LogP contribution in [0.5, 0.6) is 11.5 Å². The molecule has 0 saturated heterocycles. The second-order valence-electron chi connectivity index (χ2n) is 14.3. The molecule has 5 aromatic carbocycles. The third-order valence-corrected chi connectivity index (χ3v) is 11.0. The molecule has 0 fully saturated rings. The van der Waals surface area contributed by atoms with Gasteiger partial charge in [-0.3, -0.25) is 28.8 Å². The summed E-state index contributed by atoms with van der Waals surface area (Å²) in [6.07, 6.45) is 0.206. The molecule has 4 N–H and O–H groups in total. The second kappa shape index (κ2) is 24.4. The number of azo groups is 2. The van der Waals surface area contributed by atoms with E-state index >= 15 is 0 Å². The molecule has 5 rings (SSSR count). The summed E-state index contributed by atoms with van der Waals surface area (Å²) in [7, 11) is 2.90. The van der Waals surface area contributed by atoms with Crippen molar-refractivity contribution in [2.75, 3.05) is 41.4 Å². The number of Topliss-reactive ketones (excluding diaryl/α,β-unsaturated/α-hetero) is 2. The van der Waals surface area contributed by atoms with Crippen LogP contribution < -0.4 is 30.7 Å². The third kappa shape index (κ3) is 13.8. The summed E-state index contributed by atoms with van der Waals surface area (Å²) in [5.41, 5.74) is 3.42. The maximum Gasteiger partial charge on any atom is 0.258 e. The van der Waals surface area contributed by atoms with E-state index in [1.807, 2.05) is 0 Å². The molecule has 16 nitrogen and oxygen atoms in total. The van der Waals surface area contributed by atoms with Gasteiger partial charge in [-0.05, 0) is 116 Å². The van der Waals surface area contributed by atoms with E-state index in [1.165, 1.54) is 68.8 Å². The Morgan fingerprint density at radius 2 is 1.01 bits per heavy atom. The zero-order valence-corrected chi connectivity index (χ0v) is 39.9. The minimum Gasteiger partial charge on any atom is -0.495 e. The summed E-state index contributed by atoms with van der Waals surface area (Å²) in [6, 6.07) is 19.8. The number of benzene rings is 5. The number of hydrogen-bond acceptors (Lipinski definition) is 12. The van der Waals surface area contributed by atoms with Crippen LogP contribution in [0.15, 0.2) is 111 Å². The molecular formula is C46H41Cl5N8O8. The molecule has 2 unspecified atom stereocenters. The molecule has 67 heavy (non-hydrogen) atoms. The summed E-state index contributed by atoms with van der Waals surface area (Å²) in [5.74, 6) is -2.83. The number of nitrogens with one attached hydrogen (secondary N) is 4. The van der Waals surface area contributed by atoms with Gasteiger partial charge in [0.25, 0.3) is 23.6 Å². The van der Waals surface area contributed by atoms with Crippen LogP contribution in [-0.2, 0) is 37.4 Å². The number of amides is 4. The lowest BCUT2D eigenvalue weighted by molar-refractivity contribution is -0.127. The molecule has 4 amide bonds. The van der Waals surface area contributed by atoms with Crippen LogP contribution in [0.3, 0.4) is 0 Å². The molecule has 0 saturated carbocycles. The van der Waals surface area contributed by atoms with Crippen LogP contribution in [0.2, 0.25) is 10.0 Å². The van der Waals surface area contributed by atoms with Gasteiger partial charge < -0.3 is 30.7 Å². The predicted octanol–water partition coefficient (Wildman–Crippen LogP) is 11.1. The van der Waals surface area contributed by atoms with Gasteiger partial charge in [-0.1, -0.05) is 35.3 Å². The zero-order chi connectivity index (χ0) is 48.8. The summed E-state index contributed by atoms with van der Waals surface area (Å²) < 4.78 is 10.7. The number of methoxy groups -OCH3 is 2. The molecular weight excluding hydrogens is 970 g/mol. The van der Waals surface area contributed by atoms with Gasteiger partial charge in [-0.2, -0.15) is 20.5 Å². The van der Waals surface area contributed by atoms with E-state index in [-0.39, 0.29) is 68.0 Å². The van der Waals surface area contributed by atoms with E-state index in [9.17, 15) is 28.8 Å². The van der Waals surface area contributed by atoms with E-state index in [2.05, 4.69) is 41.7 Å². The molecule has 2 atom stereocenters. The standard InChI is InChI=1S/C46H41Cl5N8O8/c1-24(60)41(58-56-30-7-10-34(50)32(20-30)43(62)54-37-17-26(22-48)5-13-39(37)66-3)45(64)52-29-9-12-36(28(19-29)15-16-47)53-46(65)42(25(2)61)59-57-31-8-11-35(51)33(21-31)44(63)55-38-18-27(23-49)6-14-40(38)67-4/h5-14,17-21,41-42H,15-16,22-23H2,1-4H3,(H,52,64)(H,53,65)(H,54,62)(H,55,63). The third-order valence-electron chi connectivity index (χ3n) is 9.56. The lowest BCUT2D eigenvalue weighted by Gasteiger charge is -2.15. The number of aryl methyl sites for hydroxylation is 1. The number of ketones is 2. The Morgan fingerprint density at radius 1 is 0.552 bits per heavy atom. The topological polar surface area (TPSA) is 218 Å². The lowest BCUT2D eigenvalue weighted by Crippen LogP contribution is -2.32. The van der Waals surface area contributed by atoms with Crippen LogP contribution in [0.25, 0.3) is 0 Å². The number of ether oxygens (including phenoxy) is 2. The van der Waals surface area contributed by atoms with Gasteiger partial charge in [-0.15, -0.1) is 34.8 Å². The highest BCUT2D eigenvalue weighted by molar-refractivity contribution is 6.35. The highest BCUT2D eigenvalue weighted by Gasteiger charge is 2.26. The monoisotopic (exact) mass is 1010 g/mol. The van der Waals surface area contributed by atoms with Gasteiger partial charge in [-0.25, -0.2) is 0 Å². The van der Waals surface area contributed by atoms with Crippen molar-refractivity contribution >= 4 is 127 Å². The average Bonchev–Trinajstić information content (AvgIpc) is 3.30. The SMILES string of the molecule is COc1ccc(CCl)cc1NC(=O)c1cc(N=NC(C(C)=O)C(=O)Nc2ccc(NC(=O)C(N=Nc3ccc(Cl)c(C(=O)Nc4cc(CCl)ccc4OC)c3)C(C)=O)c(CCCl)c2)ccc1Cl.